The molecule has 2 unspecified atom stereocenters. The number of carbonyl (C=O) groups is 1. The molecule has 108 valence electrons. The van der Waals surface area contributed by atoms with Gasteiger partial charge in [-0.25, -0.2) is 0 Å². The van der Waals surface area contributed by atoms with Crippen molar-refractivity contribution in [2.24, 2.45) is 11.8 Å². The summed E-state index contributed by atoms with van der Waals surface area (Å²) in [4.78, 5) is 10.3. The fraction of sp³-hybridized carbons (Fsp3) is 0.688. The van der Waals surface area contributed by atoms with Gasteiger partial charge in [-0.15, -0.1) is 0 Å². The van der Waals surface area contributed by atoms with Gasteiger partial charge in [-0.2, -0.15) is 0 Å². The van der Waals surface area contributed by atoms with Crippen LogP contribution in [0.3, 0.4) is 0 Å². The SMILES string of the molecule is CCCCCC(/C=C/C=C\C[C@@H]1C[C@H]1CC=O)OP. The predicted molar refractivity (Wildman–Crippen MR) is 83.9 cm³/mol. The highest BCUT2D eigenvalue weighted by atomic mass is 31.0. The van der Waals surface area contributed by atoms with Crippen LogP contribution in [0.15, 0.2) is 24.3 Å². The molecule has 0 spiro atoms. The molecule has 4 atom stereocenters. The van der Waals surface area contributed by atoms with Crippen LogP contribution in [0.25, 0.3) is 0 Å². The first-order valence-corrected chi connectivity index (χ1v) is 7.91. The van der Waals surface area contributed by atoms with Gasteiger partial charge in [0.2, 0.25) is 0 Å². The quantitative estimate of drug-likeness (QED) is 0.242. The zero-order chi connectivity index (χ0) is 13.9. The summed E-state index contributed by atoms with van der Waals surface area (Å²) >= 11 is 0. The standard InChI is InChI=1S/C16H27O2P/c1-2-3-5-9-16(18-19)10-7-4-6-8-14-13-15(14)11-12-17/h4,6-7,10,12,14-16H,2-3,5,8-9,11,13,19H2,1H3/b6-4-,10-7+/t14-,15-,16?/m1/s1. The summed E-state index contributed by atoms with van der Waals surface area (Å²) in [5.74, 6) is 1.40. The number of rotatable bonds is 11. The van der Waals surface area contributed by atoms with Crippen LogP contribution in [0.5, 0.6) is 0 Å². The van der Waals surface area contributed by atoms with E-state index in [9.17, 15) is 4.79 Å². The van der Waals surface area contributed by atoms with E-state index in [2.05, 4.69) is 40.7 Å². The van der Waals surface area contributed by atoms with E-state index in [-0.39, 0.29) is 6.10 Å². The molecule has 3 heteroatoms. The second-order valence-corrected chi connectivity index (χ2v) is 5.65. The highest BCUT2D eigenvalue weighted by Gasteiger charge is 2.34. The van der Waals surface area contributed by atoms with Crippen molar-refractivity contribution in [2.45, 2.75) is 58.0 Å². The Bertz CT molecular complexity index is 299. The second kappa shape index (κ2) is 10.3. The van der Waals surface area contributed by atoms with Crippen molar-refractivity contribution in [1.29, 1.82) is 0 Å². The predicted octanol–water partition coefficient (Wildman–Crippen LogP) is 4.47. The maximum atomic E-state index is 10.3. The molecule has 0 amide bonds. The van der Waals surface area contributed by atoms with Crippen LogP contribution in [0.2, 0.25) is 0 Å². The first-order chi connectivity index (χ1) is 9.31. The van der Waals surface area contributed by atoms with E-state index in [1.165, 1.54) is 25.7 Å². The van der Waals surface area contributed by atoms with Crippen molar-refractivity contribution in [3.05, 3.63) is 24.3 Å². The van der Waals surface area contributed by atoms with Gasteiger partial charge in [-0.05, 0) is 31.1 Å². The van der Waals surface area contributed by atoms with Gasteiger partial charge >= 0.3 is 0 Å². The number of aldehydes is 1. The van der Waals surface area contributed by atoms with Gasteiger partial charge in [0.05, 0.1) is 6.10 Å². The van der Waals surface area contributed by atoms with Crippen LogP contribution in [-0.2, 0) is 9.32 Å². The minimum atomic E-state index is 0.213. The molecule has 2 nitrogen and oxygen atoms in total. The lowest BCUT2D eigenvalue weighted by Gasteiger charge is -2.09. The van der Waals surface area contributed by atoms with E-state index in [0.29, 0.717) is 5.92 Å². The van der Waals surface area contributed by atoms with E-state index in [1.54, 1.807) is 0 Å². The monoisotopic (exact) mass is 282 g/mol. The van der Waals surface area contributed by atoms with E-state index >= 15 is 0 Å². The van der Waals surface area contributed by atoms with Crippen molar-refractivity contribution < 1.29 is 9.32 Å². The summed E-state index contributed by atoms with van der Waals surface area (Å²) in [5, 5.41) is 0. The van der Waals surface area contributed by atoms with Gasteiger partial charge in [0.1, 0.15) is 6.29 Å². The van der Waals surface area contributed by atoms with Crippen molar-refractivity contribution in [2.75, 3.05) is 0 Å². The first-order valence-electron chi connectivity index (χ1n) is 7.44. The average molecular weight is 282 g/mol. The van der Waals surface area contributed by atoms with Crippen LogP contribution >= 0.6 is 9.47 Å². The Balaban J connectivity index is 2.11. The third kappa shape index (κ3) is 7.64. The minimum Gasteiger partial charge on any atom is -0.358 e. The smallest absolute Gasteiger partial charge is 0.120 e. The van der Waals surface area contributed by atoms with Crippen molar-refractivity contribution >= 4 is 15.8 Å². The number of unbranched alkanes of at least 4 members (excludes halogenated alkanes) is 2. The third-order valence-electron chi connectivity index (χ3n) is 3.75. The Morgan fingerprint density at radius 1 is 1.26 bits per heavy atom. The minimum absolute atomic E-state index is 0.213. The molecule has 0 aromatic carbocycles. The van der Waals surface area contributed by atoms with Gasteiger partial charge in [0.25, 0.3) is 0 Å². The molecule has 1 aliphatic carbocycles. The van der Waals surface area contributed by atoms with Crippen LogP contribution < -0.4 is 0 Å². The highest BCUT2D eigenvalue weighted by Crippen LogP contribution is 2.43. The molecule has 0 heterocycles. The summed E-state index contributed by atoms with van der Waals surface area (Å²) < 4.78 is 5.34. The van der Waals surface area contributed by atoms with Crippen molar-refractivity contribution in [3.63, 3.8) is 0 Å². The molecule has 1 aliphatic rings. The van der Waals surface area contributed by atoms with Gasteiger partial charge in [0, 0.05) is 15.9 Å². The van der Waals surface area contributed by atoms with E-state index in [1.807, 2.05) is 0 Å². The Morgan fingerprint density at radius 2 is 2.05 bits per heavy atom. The lowest BCUT2D eigenvalue weighted by molar-refractivity contribution is -0.108. The molecule has 0 aliphatic heterocycles. The van der Waals surface area contributed by atoms with E-state index in [0.717, 1.165) is 31.5 Å². The van der Waals surface area contributed by atoms with Crippen molar-refractivity contribution in [1.82, 2.24) is 0 Å². The lowest BCUT2D eigenvalue weighted by atomic mass is 10.1. The van der Waals surface area contributed by atoms with Gasteiger partial charge < -0.3 is 9.32 Å². The molecule has 19 heavy (non-hydrogen) atoms. The summed E-state index contributed by atoms with van der Waals surface area (Å²) in [6.45, 7) is 2.21. The van der Waals surface area contributed by atoms with E-state index in [4.69, 9.17) is 4.52 Å². The Labute approximate surface area is 120 Å². The van der Waals surface area contributed by atoms with Crippen molar-refractivity contribution in [3.8, 4) is 0 Å². The van der Waals surface area contributed by atoms with Crippen LogP contribution in [0, 0.1) is 11.8 Å². The topological polar surface area (TPSA) is 26.3 Å². The molecule has 0 N–H and O–H groups in total. The molecule has 1 fully saturated rings. The second-order valence-electron chi connectivity index (χ2n) is 5.38. The molecule has 0 saturated heterocycles. The summed E-state index contributed by atoms with van der Waals surface area (Å²) in [6.07, 6.45) is 17.7. The largest absolute Gasteiger partial charge is 0.358 e. The zero-order valence-electron chi connectivity index (χ0n) is 12.0. The molecule has 0 aromatic rings. The molecule has 1 rings (SSSR count). The fourth-order valence-electron chi connectivity index (χ4n) is 2.34. The molecular weight excluding hydrogens is 255 g/mol. The van der Waals surface area contributed by atoms with Crippen LogP contribution in [0.1, 0.15) is 51.9 Å². The maximum Gasteiger partial charge on any atom is 0.120 e. The van der Waals surface area contributed by atoms with E-state index < -0.39 is 0 Å². The fourth-order valence-corrected chi connectivity index (χ4v) is 2.56. The summed E-state index contributed by atoms with van der Waals surface area (Å²) in [5.41, 5.74) is 0. The first kappa shape index (κ1) is 16.6. The third-order valence-corrected chi connectivity index (χ3v) is 4.10. The molecule has 1 saturated carbocycles. The van der Waals surface area contributed by atoms with Crippen LogP contribution in [0.4, 0.5) is 0 Å². The highest BCUT2D eigenvalue weighted by molar-refractivity contribution is 7.09. The van der Waals surface area contributed by atoms with Gasteiger partial charge in [0.15, 0.2) is 0 Å². The lowest BCUT2D eigenvalue weighted by Crippen LogP contribution is -2.02. The van der Waals surface area contributed by atoms with Gasteiger partial charge in [-0.1, -0.05) is 50.5 Å². The number of allylic oxidation sites excluding steroid dienone is 3. The van der Waals surface area contributed by atoms with Gasteiger partial charge in [-0.3, -0.25) is 0 Å². The summed E-state index contributed by atoms with van der Waals surface area (Å²) in [7, 11) is 2.36. The molecular formula is C16H27O2P. The zero-order valence-corrected chi connectivity index (χ0v) is 13.1. The maximum absolute atomic E-state index is 10.3. The molecule has 0 aromatic heterocycles. The number of hydrogen-bond donors (Lipinski definition) is 0. The Kier molecular flexibility index (Phi) is 9.03. The van der Waals surface area contributed by atoms with Crippen LogP contribution in [-0.4, -0.2) is 12.4 Å². The normalized spacial score (nSPS) is 24.1. The molecule has 0 radical (unpaired) electrons. The summed E-state index contributed by atoms with van der Waals surface area (Å²) in [6, 6.07) is 0. The Hall–Kier alpha value is -0.460. The molecule has 0 bridgehead atoms. The number of carbonyl (C=O) groups excluding carboxylic acids is 1. The Morgan fingerprint density at radius 3 is 2.74 bits per heavy atom. The average Bonchev–Trinajstić information content (AvgIpc) is 3.15. The number of hydrogen-bond acceptors (Lipinski definition) is 2.